The maximum atomic E-state index is 12.7. The highest BCUT2D eigenvalue weighted by molar-refractivity contribution is 6.32. The Morgan fingerprint density at radius 1 is 1.21 bits per heavy atom. The monoisotopic (exact) mass is 487 g/mol. The zero-order valence-corrected chi connectivity index (χ0v) is 19.4. The molecule has 0 spiro atoms. The topological polar surface area (TPSA) is 134 Å². The number of nitro benzene ring substituents is 1. The number of nitro groups is 1. The third-order valence-electron chi connectivity index (χ3n) is 4.86. The molecule has 1 amide bonds. The molecule has 178 valence electrons. The van der Waals surface area contributed by atoms with Crippen LogP contribution in [0.2, 0.25) is 5.02 Å². The number of nitrogens with one attached hydrogen (secondary N) is 1. The van der Waals surface area contributed by atoms with Gasteiger partial charge in [-0.05, 0) is 42.3 Å². The van der Waals surface area contributed by atoms with Gasteiger partial charge in [-0.15, -0.1) is 0 Å². The number of carbonyl (C=O) groups excluding carboxylic acids is 2. The van der Waals surface area contributed by atoms with Crippen LogP contribution in [0.25, 0.3) is 11.5 Å². The molecule has 11 heteroatoms. The Morgan fingerprint density at radius 2 is 1.91 bits per heavy atom. The molecule has 0 aliphatic carbocycles. The Hall–Kier alpha value is -3.92. The highest BCUT2D eigenvalue weighted by atomic mass is 35.5. The first-order valence-corrected chi connectivity index (χ1v) is 10.6. The minimum absolute atomic E-state index is 0.00446. The average molecular weight is 488 g/mol. The number of carbonyl (C=O) groups is 2. The molecule has 1 N–H and O–H groups in total. The standard InChI is InChI=1S/C23H22ClN3O7/c1-13(2)20(26-21(28)15-6-9-18(24)19(10-15)27(30)31)23(29)34-12-16-11-33-22(25-16)14-4-7-17(32-3)8-5-14/h4-11,13,20H,12H2,1-3H3,(H,26,28)/t20-/m0/s1. The number of amides is 1. The van der Waals surface area contributed by atoms with Gasteiger partial charge in [0.05, 0.1) is 12.0 Å². The molecule has 3 rings (SSSR count). The summed E-state index contributed by atoms with van der Waals surface area (Å²) in [6.45, 7) is 3.30. The summed E-state index contributed by atoms with van der Waals surface area (Å²) in [4.78, 5) is 40.0. The van der Waals surface area contributed by atoms with Crippen LogP contribution in [0.1, 0.15) is 29.9 Å². The number of methoxy groups -OCH3 is 1. The molecular weight excluding hydrogens is 466 g/mol. The number of esters is 1. The van der Waals surface area contributed by atoms with Crippen molar-refractivity contribution in [2.24, 2.45) is 5.92 Å². The van der Waals surface area contributed by atoms with Crippen molar-refractivity contribution in [1.29, 1.82) is 0 Å². The van der Waals surface area contributed by atoms with Gasteiger partial charge in [-0.25, -0.2) is 9.78 Å². The van der Waals surface area contributed by atoms with Gasteiger partial charge >= 0.3 is 5.97 Å². The summed E-state index contributed by atoms with van der Waals surface area (Å²) in [5.41, 5.74) is 0.705. The first-order valence-electron chi connectivity index (χ1n) is 10.2. The van der Waals surface area contributed by atoms with Crippen molar-refractivity contribution < 1.29 is 28.4 Å². The lowest BCUT2D eigenvalue weighted by atomic mass is 10.0. The number of aromatic nitrogens is 1. The van der Waals surface area contributed by atoms with Crippen LogP contribution in [0, 0.1) is 16.0 Å². The number of benzene rings is 2. The Bertz CT molecular complexity index is 1190. The molecule has 0 fully saturated rings. The average Bonchev–Trinajstić information content (AvgIpc) is 3.30. The third-order valence-corrected chi connectivity index (χ3v) is 5.18. The zero-order chi connectivity index (χ0) is 24.8. The molecule has 0 unspecified atom stereocenters. The van der Waals surface area contributed by atoms with E-state index in [1.165, 1.54) is 18.4 Å². The maximum Gasteiger partial charge on any atom is 0.329 e. The Labute approximate surface area is 200 Å². The second-order valence-corrected chi connectivity index (χ2v) is 8.01. The SMILES string of the molecule is COc1ccc(-c2nc(COC(=O)[C@@H](NC(=O)c3ccc(Cl)c([N+](=O)[O-])c3)C(C)C)co2)cc1. The van der Waals surface area contributed by atoms with Crippen LogP contribution in [0.4, 0.5) is 5.69 Å². The molecular formula is C23H22ClN3O7. The molecule has 3 aromatic rings. The normalized spacial score (nSPS) is 11.7. The highest BCUT2D eigenvalue weighted by Crippen LogP contribution is 2.25. The highest BCUT2D eigenvalue weighted by Gasteiger charge is 2.27. The van der Waals surface area contributed by atoms with Gasteiger partial charge in [-0.1, -0.05) is 25.4 Å². The van der Waals surface area contributed by atoms with E-state index in [2.05, 4.69) is 10.3 Å². The third kappa shape index (κ3) is 5.90. The van der Waals surface area contributed by atoms with Gasteiger partial charge in [0.15, 0.2) is 0 Å². The van der Waals surface area contributed by atoms with E-state index in [1.54, 1.807) is 45.2 Å². The zero-order valence-electron chi connectivity index (χ0n) is 18.6. The van der Waals surface area contributed by atoms with E-state index in [0.717, 1.165) is 11.6 Å². The quantitative estimate of drug-likeness (QED) is 0.266. The van der Waals surface area contributed by atoms with Crippen LogP contribution >= 0.6 is 11.6 Å². The predicted molar refractivity (Wildman–Crippen MR) is 122 cm³/mol. The van der Waals surface area contributed by atoms with Gasteiger partial charge in [-0.3, -0.25) is 14.9 Å². The van der Waals surface area contributed by atoms with Crippen LogP contribution < -0.4 is 10.1 Å². The molecule has 0 saturated carbocycles. The van der Waals surface area contributed by atoms with Crippen LogP contribution in [0.5, 0.6) is 5.75 Å². The van der Waals surface area contributed by atoms with E-state index >= 15 is 0 Å². The van der Waals surface area contributed by atoms with E-state index in [0.29, 0.717) is 17.3 Å². The number of oxazole rings is 1. The van der Waals surface area contributed by atoms with E-state index in [4.69, 9.17) is 25.5 Å². The Balaban J connectivity index is 1.64. The van der Waals surface area contributed by atoms with Crippen LogP contribution in [-0.2, 0) is 16.1 Å². The van der Waals surface area contributed by atoms with E-state index in [1.807, 2.05) is 0 Å². The number of ether oxygens (including phenoxy) is 2. The second kappa shape index (κ2) is 10.8. The maximum absolute atomic E-state index is 12.7. The van der Waals surface area contributed by atoms with Crippen LogP contribution in [0.3, 0.4) is 0 Å². The van der Waals surface area contributed by atoms with Gasteiger partial charge in [0.25, 0.3) is 11.6 Å². The van der Waals surface area contributed by atoms with Gasteiger partial charge in [0.1, 0.15) is 35.4 Å². The largest absolute Gasteiger partial charge is 0.497 e. The fourth-order valence-corrected chi connectivity index (χ4v) is 3.18. The molecule has 2 aromatic carbocycles. The Morgan fingerprint density at radius 3 is 2.53 bits per heavy atom. The van der Waals surface area contributed by atoms with Crippen molar-refractivity contribution in [3.63, 3.8) is 0 Å². The summed E-state index contributed by atoms with van der Waals surface area (Å²) >= 11 is 5.79. The summed E-state index contributed by atoms with van der Waals surface area (Å²) in [5, 5.41) is 13.5. The number of hydrogen-bond acceptors (Lipinski definition) is 8. The van der Waals surface area contributed by atoms with Crippen molar-refractivity contribution in [3.8, 4) is 17.2 Å². The fourth-order valence-electron chi connectivity index (χ4n) is 2.99. The first-order chi connectivity index (χ1) is 16.2. The molecule has 34 heavy (non-hydrogen) atoms. The summed E-state index contributed by atoms with van der Waals surface area (Å²) in [5.74, 6) is -0.614. The van der Waals surface area contributed by atoms with Crippen molar-refractivity contribution in [2.45, 2.75) is 26.5 Å². The molecule has 0 saturated heterocycles. The fraction of sp³-hybridized carbons (Fsp3) is 0.261. The van der Waals surface area contributed by atoms with E-state index in [9.17, 15) is 19.7 Å². The molecule has 1 atom stereocenters. The molecule has 1 heterocycles. The number of rotatable bonds is 9. The van der Waals surface area contributed by atoms with Crippen molar-refractivity contribution >= 4 is 29.2 Å². The summed E-state index contributed by atoms with van der Waals surface area (Å²) in [6.07, 6.45) is 1.38. The molecule has 0 aliphatic heterocycles. The first kappa shape index (κ1) is 24.7. The molecule has 0 radical (unpaired) electrons. The van der Waals surface area contributed by atoms with E-state index in [-0.39, 0.29) is 23.1 Å². The minimum Gasteiger partial charge on any atom is -0.497 e. The van der Waals surface area contributed by atoms with Gasteiger partial charge in [-0.2, -0.15) is 0 Å². The molecule has 0 bridgehead atoms. The smallest absolute Gasteiger partial charge is 0.329 e. The Kier molecular flexibility index (Phi) is 7.85. The molecule has 10 nitrogen and oxygen atoms in total. The van der Waals surface area contributed by atoms with E-state index < -0.39 is 28.5 Å². The van der Waals surface area contributed by atoms with Gasteiger partial charge in [0, 0.05) is 17.2 Å². The van der Waals surface area contributed by atoms with Crippen molar-refractivity contribution in [1.82, 2.24) is 10.3 Å². The number of nitrogens with zero attached hydrogens (tertiary/aromatic N) is 2. The van der Waals surface area contributed by atoms with Crippen molar-refractivity contribution in [3.05, 3.63) is 75.1 Å². The lowest BCUT2D eigenvalue weighted by Crippen LogP contribution is -2.45. The second-order valence-electron chi connectivity index (χ2n) is 7.60. The summed E-state index contributed by atoms with van der Waals surface area (Å²) in [7, 11) is 1.57. The lowest BCUT2D eigenvalue weighted by molar-refractivity contribution is -0.384. The summed E-state index contributed by atoms with van der Waals surface area (Å²) in [6, 6.07) is 9.75. The van der Waals surface area contributed by atoms with Gasteiger partial charge < -0.3 is 19.2 Å². The van der Waals surface area contributed by atoms with Crippen LogP contribution in [0.15, 0.2) is 53.1 Å². The molecule has 1 aromatic heterocycles. The lowest BCUT2D eigenvalue weighted by Gasteiger charge is -2.20. The van der Waals surface area contributed by atoms with Gasteiger partial charge in [0.2, 0.25) is 5.89 Å². The minimum atomic E-state index is -0.991. The molecule has 0 aliphatic rings. The summed E-state index contributed by atoms with van der Waals surface area (Å²) < 4.78 is 15.9. The predicted octanol–water partition coefficient (Wildman–Crippen LogP) is 4.41. The number of halogens is 1. The van der Waals surface area contributed by atoms with Crippen molar-refractivity contribution in [2.75, 3.05) is 7.11 Å². The number of hydrogen-bond donors (Lipinski definition) is 1. The van der Waals surface area contributed by atoms with Crippen LogP contribution in [-0.4, -0.2) is 34.9 Å².